The monoisotopic (exact) mass is 208 g/mol. The number of aromatic amines is 1. The summed E-state index contributed by atoms with van der Waals surface area (Å²) in [5.74, 6) is 0. The molecule has 1 rings (SSSR count). The predicted molar refractivity (Wildman–Crippen MR) is 40.7 cm³/mol. The topological polar surface area (TPSA) is 28.7 Å². The number of halogens is 2. The van der Waals surface area contributed by atoms with Crippen LogP contribution in [-0.4, -0.2) is 10.2 Å². The van der Waals surface area contributed by atoms with Gasteiger partial charge in [0.2, 0.25) is 0 Å². The van der Waals surface area contributed by atoms with Crippen molar-refractivity contribution < 1.29 is 0 Å². The molecule has 0 spiro atoms. The summed E-state index contributed by atoms with van der Waals surface area (Å²) < 4.78 is 0.881. The fourth-order valence-corrected chi connectivity index (χ4v) is 1.18. The van der Waals surface area contributed by atoms with Crippen molar-refractivity contribution in [2.24, 2.45) is 0 Å². The van der Waals surface area contributed by atoms with Gasteiger partial charge in [0.15, 0.2) is 0 Å². The Morgan fingerprint density at radius 1 is 1.78 bits per heavy atom. The van der Waals surface area contributed by atoms with Crippen molar-refractivity contribution in [1.29, 1.82) is 0 Å². The molecular formula is C5H6BrClN2. The van der Waals surface area contributed by atoms with Crippen LogP contribution < -0.4 is 0 Å². The molecule has 2 nitrogen and oxygen atoms in total. The first-order valence-corrected chi connectivity index (χ1v) is 3.81. The lowest BCUT2D eigenvalue weighted by atomic mass is 10.3. The molecule has 1 aromatic heterocycles. The third-order valence-electron chi connectivity index (χ3n) is 1.07. The number of hydrogen-bond acceptors (Lipinski definition) is 1. The number of aryl methyl sites for hydroxylation is 1. The maximum Gasteiger partial charge on any atom is 0.138 e. The Bertz CT molecular complexity index is 209. The van der Waals surface area contributed by atoms with Gasteiger partial charge in [-0.05, 0) is 22.4 Å². The van der Waals surface area contributed by atoms with Crippen LogP contribution in [0.2, 0.25) is 5.15 Å². The van der Waals surface area contributed by atoms with E-state index in [0.717, 1.165) is 16.6 Å². The van der Waals surface area contributed by atoms with E-state index in [1.54, 1.807) is 0 Å². The molecule has 9 heavy (non-hydrogen) atoms. The number of hydrogen-bond donors (Lipinski definition) is 1. The number of rotatable bonds is 1. The highest BCUT2D eigenvalue weighted by atomic mass is 79.9. The highest BCUT2D eigenvalue weighted by Crippen LogP contribution is 2.22. The van der Waals surface area contributed by atoms with Gasteiger partial charge in [0, 0.05) is 0 Å². The summed E-state index contributed by atoms with van der Waals surface area (Å²) >= 11 is 8.93. The van der Waals surface area contributed by atoms with Gasteiger partial charge in [-0.15, -0.1) is 0 Å². The highest BCUT2D eigenvalue weighted by molar-refractivity contribution is 9.10. The van der Waals surface area contributed by atoms with Gasteiger partial charge in [0.1, 0.15) is 5.15 Å². The molecule has 0 aliphatic heterocycles. The second-order valence-electron chi connectivity index (χ2n) is 1.65. The average molecular weight is 209 g/mol. The normalized spacial score (nSPS) is 10.1. The molecule has 0 atom stereocenters. The largest absolute Gasteiger partial charge is 0.266 e. The van der Waals surface area contributed by atoms with Crippen molar-refractivity contribution in [1.82, 2.24) is 10.2 Å². The van der Waals surface area contributed by atoms with Crippen molar-refractivity contribution in [3.63, 3.8) is 0 Å². The summed E-state index contributed by atoms with van der Waals surface area (Å²) in [6.45, 7) is 2.03. The third kappa shape index (κ3) is 1.27. The predicted octanol–water partition coefficient (Wildman–Crippen LogP) is 2.39. The lowest BCUT2D eigenvalue weighted by Crippen LogP contribution is -1.78. The quantitative estimate of drug-likeness (QED) is 0.756. The fourth-order valence-electron chi connectivity index (χ4n) is 0.576. The van der Waals surface area contributed by atoms with Crippen molar-refractivity contribution in [2.75, 3.05) is 0 Å². The van der Waals surface area contributed by atoms with Gasteiger partial charge in [-0.3, -0.25) is 5.10 Å². The average Bonchev–Trinajstić information content (AvgIpc) is 2.15. The van der Waals surface area contributed by atoms with Gasteiger partial charge in [-0.25, -0.2) is 0 Å². The minimum atomic E-state index is 0.576. The zero-order valence-corrected chi connectivity index (χ0v) is 7.25. The SMILES string of the molecule is CCc1n[nH]c(Cl)c1Br. The molecule has 0 aliphatic carbocycles. The summed E-state index contributed by atoms with van der Waals surface area (Å²) in [4.78, 5) is 0. The van der Waals surface area contributed by atoms with Crippen molar-refractivity contribution in [3.05, 3.63) is 15.3 Å². The summed E-state index contributed by atoms with van der Waals surface area (Å²) in [5.41, 5.74) is 0.972. The number of nitrogens with one attached hydrogen (secondary N) is 1. The summed E-state index contributed by atoms with van der Waals surface area (Å²) in [7, 11) is 0. The van der Waals surface area contributed by atoms with Crippen molar-refractivity contribution in [2.45, 2.75) is 13.3 Å². The Balaban J connectivity index is 3.04. The molecule has 1 N–H and O–H groups in total. The smallest absolute Gasteiger partial charge is 0.138 e. The van der Waals surface area contributed by atoms with E-state index in [4.69, 9.17) is 11.6 Å². The number of nitrogens with zero attached hydrogens (tertiary/aromatic N) is 1. The Hall–Kier alpha value is -0.0200. The van der Waals surface area contributed by atoms with Crippen LogP contribution in [0.3, 0.4) is 0 Å². The maximum absolute atomic E-state index is 5.64. The fraction of sp³-hybridized carbons (Fsp3) is 0.400. The zero-order chi connectivity index (χ0) is 6.85. The lowest BCUT2D eigenvalue weighted by Gasteiger charge is -1.85. The molecule has 0 saturated heterocycles. The van der Waals surface area contributed by atoms with Crippen LogP contribution in [0.25, 0.3) is 0 Å². The van der Waals surface area contributed by atoms with Crippen LogP contribution in [0.4, 0.5) is 0 Å². The van der Waals surface area contributed by atoms with Gasteiger partial charge in [-0.1, -0.05) is 18.5 Å². The van der Waals surface area contributed by atoms with Crippen molar-refractivity contribution >= 4 is 27.5 Å². The Labute approximate surface area is 66.7 Å². The van der Waals surface area contributed by atoms with E-state index in [9.17, 15) is 0 Å². The molecule has 50 valence electrons. The summed E-state index contributed by atoms with van der Waals surface area (Å²) in [6.07, 6.45) is 0.893. The van der Waals surface area contributed by atoms with E-state index in [1.165, 1.54) is 0 Å². The molecule has 0 unspecified atom stereocenters. The van der Waals surface area contributed by atoms with Crippen LogP contribution in [0.5, 0.6) is 0 Å². The van der Waals surface area contributed by atoms with E-state index in [1.807, 2.05) is 6.92 Å². The van der Waals surface area contributed by atoms with E-state index in [2.05, 4.69) is 26.1 Å². The van der Waals surface area contributed by atoms with E-state index in [-0.39, 0.29) is 0 Å². The second-order valence-corrected chi connectivity index (χ2v) is 2.82. The minimum Gasteiger partial charge on any atom is -0.266 e. The van der Waals surface area contributed by atoms with Gasteiger partial charge >= 0.3 is 0 Å². The Morgan fingerprint density at radius 3 is 2.67 bits per heavy atom. The van der Waals surface area contributed by atoms with Gasteiger partial charge in [0.05, 0.1) is 10.2 Å². The van der Waals surface area contributed by atoms with Crippen LogP contribution in [0, 0.1) is 0 Å². The Kier molecular flexibility index (Phi) is 2.13. The molecule has 0 fully saturated rings. The maximum atomic E-state index is 5.64. The number of aromatic nitrogens is 2. The first kappa shape index (κ1) is 7.09. The molecular weight excluding hydrogens is 203 g/mol. The molecule has 4 heteroatoms. The van der Waals surface area contributed by atoms with E-state index >= 15 is 0 Å². The molecule has 0 aromatic carbocycles. The number of H-pyrrole nitrogens is 1. The Morgan fingerprint density at radius 2 is 2.44 bits per heavy atom. The molecule has 0 amide bonds. The second kappa shape index (κ2) is 2.71. The van der Waals surface area contributed by atoms with E-state index < -0.39 is 0 Å². The van der Waals surface area contributed by atoms with Gasteiger partial charge in [0.25, 0.3) is 0 Å². The van der Waals surface area contributed by atoms with Gasteiger partial charge in [-0.2, -0.15) is 5.10 Å². The molecule has 1 heterocycles. The first-order valence-electron chi connectivity index (χ1n) is 2.64. The van der Waals surface area contributed by atoms with Crippen molar-refractivity contribution in [3.8, 4) is 0 Å². The molecule has 0 saturated carbocycles. The van der Waals surface area contributed by atoms with Gasteiger partial charge < -0.3 is 0 Å². The molecule has 1 aromatic rings. The summed E-state index contributed by atoms with van der Waals surface area (Å²) in [6, 6.07) is 0. The third-order valence-corrected chi connectivity index (χ3v) is 2.43. The highest BCUT2D eigenvalue weighted by Gasteiger charge is 2.04. The van der Waals surface area contributed by atoms with Crippen LogP contribution >= 0.6 is 27.5 Å². The standard InChI is InChI=1S/C5H6BrClN2/c1-2-3-4(6)5(7)9-8-3/h2H2,1H3,(H,8,9). The summed E-state index contributed by atoms with van der Waals surface area (Å²) in [5, 5.41) is 7.16. The zero-order valence-electron chi connectivity index (χ0n) is 4.91. The molecule has 0 radical (unpaired) electrons. The lowest BCUT2D eigenvalue weighted by molar-refractivity contribution is 0.972. The molecule has 0 bridgehead atoms. The van der Waals surface area contributed by atoms with E-state index in [0.29, 0.717) is 5.15 Å². The minimum absolute atomic E-state index is 0.576. The van der Waals surface area contributed by atoms with Crippen LogP contribution in [0.1, 0.15) is 12.6 Å². The molecule has 0 aliphatic rings. The first-order chi connectivity index (χ1) is 4.25. The van der Waals surface area contributed by atoms with Crippen LogP contribution in [-0.2, 0) is 6.42 Å². The van der Waals surface area contributed by atoms with Crippen LogP contribution in [0.15, 0.2) is 4.47 Å².